The third kappa shape index (κ3) is 4.73. The van der Waals surface area contributed by atoms with Gasteiger partial charge in [-0.1, -0.05) is 12.1 Å². The Kier molecular flexibility index (Phi) is 5.59. The van der Waals surface area contributed by atoms with E-state index in [0.717, 1.165) is 21.2 Å². The fourth-order valence-corrected chi connectivity index (χ4v) is 3.76. The summed E-state index contributed by atoms with van der Waals surface area (Å²) in [6, 6.07) is 7.24. The Labute approximate surface area is 159 Å². The molecule has 0 saturated carbocycles. The molecule has 2 heterocycles. The van der Waals surface area contributed by atoms with E-state index in [2.05, 4.69) is 10.5 Å². The molecule has 1 aliphatic rings. The van der Waals surface area contributed by atoms with Crippen LogP contribution in [0.3, 0.4) is 0 Å². The molecule has 1 amide bonds. The van der Waals surface area contributed by atoms with E-state index in [0.29, 0.717) is 5.69 Å². The van der Waals surface area contributed by atoms with Gasteiger partial charge in [-0.2, -0.15) is 0 Å². The van der Waals surface area contributed by atoms with Crippen molar-refractivity contribution in [1.82, 2.24) is 9.88 Å². The Bertz CT molecular complexity index is 834. The number of alkyl halides is 1. The molecule has 9 heteroatoms. The molecule has 27 heavy (non-hydrogen) atoms. The minimum absolute atomic E-state index is 0.0244. The Balaban J connectivity index is 1.58. The second-order valence-corrected chi connectivity index (χ2v) is 7.37. The van der Waals surface area contributed by atoms with Crippen LogP contribution in [0.25, 0.3) is 10.6 Å². The number of hydrogen-bond acceptors (Lipinski definition) is 6. The van der Waals surface area contributed by atoms with Crippen molar-refractivity contribution in [2.45, 2.75) is 31.9 Å². The first-order chi connectivity index (χ1) is 12.9. The predicted molar refractivity (Wildman–Crippen MR) is 99.3 cm³/mol. The highest BCUT2D eigenvalue weighted by molar-refractivity contribution is 7.13. The van der Waals surface area contributed by atoms with Crippen LogP contribution in [-0.2, 0) is 9.63 Å². The second kappa shape index (κ2) is 7.91. The standard InChI is InChI=1S/C18H20FN3O4S/c1-12-11-27-16(20-12)13-4-2-3-5-14(13)21-26-15(23)10-18(19)6-8-22(9-7-18)17(24)25/h2-5,11,21H,6-10H2,1H3,(H,24,25). The predicted octanol–water partition coefficient (Wildman–Crippen LogP) is 3.86. The van der Waals surface area contributed by atoms with Crippen LogP contribution in [0, 0.1) is 6.92 Å². The zero-order valence-electron chi connectivity index (χ0n) is 14.8. The van der Waals surface area contributed by atoms with Gasteiger partial charge in [-0.05, 0) is 31.9 Å². The van der Waals surface area contributed by atoms with Crippen LogP contribution >= 0.6 is 11.3 Å². The third-order valence-corrected chi connectivity index (χ3v) is 5.44. The van der Waals surface area contributed by atoms with Crippen LogP contribution in [0.2, 0.25) is 0 Å². The Morgan fingerprint density at radius 3 is 2.70 bits per heavy atom. The quantitative estimate of drug-likeness (QED) is 0.750. The molecule has 2 aromatic rings. The SMILES string of the molecule is Cc1csc(-c2ccccc2NOC(=O)CC2(F)CCN(C(=O)O)CC2)n1. The highest BCUT2D eigenvalue weighted by Crippen LogP contribution is 2.32. The summed E-state index contributed by atoms with van der Waals surface area (Å²) < 4.78 is 14.8. The number of para-hydroxylation sites is 1. The molecule has 1 aromatic heterocycles. The van der Waals surface area contributed by atoms with Crippen LogP contribution in [0.1, 0.15) is 25.0 Å². The number of nitrogens with zero attached hydrogens (tertiary/aromatic N) is 2. The molecule has 1 fully saturated rings. The maximum Gasteiger partial charge on any atom is 0.407 e. The number of likely N-dealkylation sites (tertiary alicyclic amines) is 1. The maximum atomic E-state index is 14.8. The van der Waals surface area contributed by atoms with E-state index in [1.165, 1.54) is 11.3 Å². The van der Waals surface area contributed by atoms with Crippen molar-refractivity contribution in [2.75, 3.05) is 18.6 Å². The summed E-state index contributed by atoms with van der Waals surface area (Å²) in [5, 5.41) is 11.6. The topological polar surface area (TPSA) is 91.8 Å². The first-order valence-corrected chi connectivity index (χ1v) is 9.38. The lowest BCUT2D eigenvalue weighted by Gasteiger charge is -2.34. The molecule has 144 valence electrons. The van der Waals surface area contributed by atoms with Gasteiger partial charge in [-0.15, -0.1) is 11.3 Å². The van der Waals surface area contributed by atoms with Crippen molar-refractivity contribution in [1.29, 1.82) is 0 Å². The molecule has 0 spiro atoms. The van der Waals surface area contributed by atoms with Gasteiger partial charge in [0.05, 0.1) is 12.1 Å². The molecular weight excluding hydrogens is 373 g/mol. The molecule has 0 bridgehead atoms. The average molecular weight is 393 g/mol. The van der Waals surface area contributed by atoms with Crippen molar-refractivity contribution in [2.24, 2.45) is 0 Å². The number of carboxylic acid groups (broad SMARTS) is 1. The van der Waals surface area contributed by atoms with Gasteiger partial charge in [0.2, 0.25) is 0 Å². The number of aryl methyl sites for hydroxylation is 1. The Morgan fingerprint density at radius 1 is 1.37 bits per heavy atom. The number of hydrogen-bond donors (Lipinski definition) is 2. The smallest absolute Gasteiger partial charge is 0.407 e. The van der Waals surface area contributed by atoms with E-state index < -0.39 is 24.2 Å². The van der Waals surface area contributed by atoms with Crippen molar-refractivity contribution in [3.05, 3.63) is 35.3 Å². The molecule has 1 aliphatic heterocycles. The van der Waals surface area contributed by atoms with E-state index in [-0.39, 0.29) is 25.9 Å². The summed E-state index contributed by atoms with van der Waals surface area (Å²) >= 11 is 1.48. The van der Waals surface area contributed by atoms with Crippen LogP contribution in [0.15, 0.2) is 29.6 Å². The minimum atomic E-state index is -1.75. The largest absolute Gasteiger partial charge is 0.465 e. The number of thiazole rings is 1. The monoisotopic (exact) mass is 393 g/mol. The van der Waals surface area contributed by atoms with Gasteiger partial charge >= 0.3 is 12.1 Å². The van der Waals surface area contributed by atoms with E-state index >= 15 is 0 Å². The van der Waals surface area contributed by atoms with E-state index in [9.17, 15) is 14.0 Å². The molecule has 0 unspecified atom stereocenters. The molecular formula is C18H20FN3O4S. The number of benzene rings is 1. The number of nitrogens with one attached hydrogen (secondary N) is 1. The zero-order valence-corrected chi connectivity index (χ0v) is 15.6. The second-order valence-electron chi connectivity index (χ2n) is 6.51. The Morgan fingerprint density at radius 2 is 2.07 bits per heavy atom. The summed E-state index contributed by atoms with van der Waals surface area (Å²) in [4.78, 5) is 33.6. The van der Waals surface area contributed by atoms with Gasteiger partial charge in [0, 0.05) is 29.7 Å². The van der Waals surface area contributed by atoms with Gasteiger partial charge in [0.1, 0.15) is 10.7 Å². The molecule has 1 saturated heterocycles. The van der Waals surface area contributed by atoms with E-state index in [1.807, 2.05) is 24.4 Å². The number of rotatable bonds is 5. The molecule has 0 aliphatic carbocycles. The maximum absolute atomic E-state index is 14.8. The van der Waals surface area contributed by atoms with Gasteiger partial charge in [-0.25, -0.2) is 24.4 Å². The molecule has 2 N–H and O–H groups in total. The summed E-state index contributed by atoms with van der Waals surface area (Å²) in [5.41, 5.74) is 3.09. The summed E-state index contributed by atoms with van der Waals surface area (Å²) in [5.74, 6) is -0.730. The van der Waals surface area contributed by atoms with Gasteiger partial charge in [-0.3, -0.25) is 0 Å². The summed E-state index contributed by atoms with van der Waals surface area (Å²) in [6.07, 6.45) is -1.55. The van der Waals surface area contributed by atoms with Crippen molar-refractivity contribution < 1.29 is 23.9 Å². The molecule has 0 radical (unpaired) electrons. The lowest BCUT2D eigenvalue weighted by molar-refractivity contribution is -0.144. The van der Waals surface area contributed by atoms with Crippen LogP contribution < -0.4 is 5.48 Å². The van der Waals surface area contributed by atoms with Crippen LogP contribution in [0.4, 0.5) is 14.9 Å². The lowest BCUT2D eigenvalue weighted by Crippen LogP contribution is -2.45. The molecule has 3 rings (SSSR count). The normalized spacial score (nSPS) is 16.0. The molecule has 7 nitrogen and oxygen atoms in total. The molecule has 1 aromatic carbocycles. The van der Waals surface area contributed by atoms with Crippen molar-refractivity contribution in [3.8, 4) is 10.6 Å². The van der Waals surface area contributed by atoms with Crippen LogP contribution in [0.5, 0.6) is 0 Å². The highest BCUT2D eigenvalue weighted by Gasteiger charge is 2.38. The fraction of sp³-hybridized carbons (Fsp3) is 0.389. The number of carbonyl (C=O) groups excluding carboxylic acids is 1. The lowest BCUT2D eigenvalue weighted by atomic mass is 9.90. The fourth-order valence-electron chi connectivity index (χ4n) is 2.92. The van der Waals surface area contributed by atoms with E-state index in [1.54, 1.807) is 12.1 Å². The first kappa shape index (κ1) is 19.1. The van der Waals surface area contributed by atoms with Crippen molar-refractivity contribution >= 4 is 29.1 Å². The summed E-state index contributed by atoms with van der Waals surface area (Å²) in [6.45, 7) is 2.03. The highest BCUT2D eigenvalue weighted by atomic mass is 32.1. The van der Waals surface area contributed by atoms with Gasteiger partial charge in [0.25, 0.3) is 0 Å². The average Bonchev–Trinajstić information content (AvgIpc) is 3.06. The van der Waals surface area contributed by atoms with Gasteiger partial charge in [0.15, 0.2) is 0 Å². The third-order valence-electron chi connectivity index (χ3n) is 4.44. The number of carbonyl (C=O) groups is 2. The zero-order chi connectivity index (χ0) is 19.4. The number of halogens is 1. The van der Waals surface area contributed by atoms with E-state index in [4.69, 9.17) is 9.94 Å². The Hall–Kier alpha value is -2.68. The number of amides is 1. The number of piperidine rings is 1. The number of anilines is 1. The van der Waals surface area contributed by atoms with Gasteiger partial charge < -0.3 is 14.8 Å². The summed E-state index contributed by atoms with van der Waals surface area (Å²) in [7, 11) is 0. The van der Waals surface area contributed by atoms with Crippen molar-refractivity contribution in [3.63, 3.8) is 0 Å². The minimum Gasteiger partial charge on any atom is -0.465 e. The van der Waals surface area contributed by atoms with Crippen LogP contribution in [-0.4, -0.2) is 45.8 Å². The first-order valence-electron chi connectivity index (χ1n) is 8.50. The number of aromatic nitrogens is 1. The molecule has 0 atom stereocenters.